The van der Waals surface area contributed by atoms with Gasteiger partial charge < -0.3 is 11.1 Å². The fourth-order valence-electron chi connectivity index (χ4n) is 3.19. The Morgan fingerprint density at radius 1 is 1.36 bits per heavy atom. The minimum absolute atomic E-state index is 0.0526. The molecule has 1 aliphatic rings. The van der Waals surface area contributed by atoms with E-state index in [0.29, 0.717) is 23.8 Å². The predicted octanol–water partition coefficient (Wildman–Crippen LogP) is 2.20. The average molecular weight is 322 g/mol. The van der Waals surface area contributed by atoms with Crippen LogP contribution in [0.15, 0.2) is 24.3 Å². The van der Waals surface area contributed by atoms with E-state index in [1.165, 1.54) is 19.3 Å². The third-order valence-electron chi connectivity index (χ3n) is 4.35. The number of nitrogens with one attached hydrogen (secondary N) is 1. The van der Waals surface area contributed by atoms with Gasteiger partial charge in [-0.3, -0.25) is 9.00 Å². The highest BCUT2D eigenvalue weighted by molar-refractivity contribution is 7.83. The highest BCUT2D eigenvalue weighted by Crippen LogP contribution is 2.26. The predicted molar refractivity (Wildman–Crippen MR) is 91.1 cm³/mol. The lowest BCUT2D eigenvalue weighted by Gasteiger charge is -2.30. The largest absolute Gasteiger partial charge is 0.348 e. The first-order chi connectivity index (χ1) is 10.6. The van der Waals surface area contributed by atoms with Crippen LogP contribution in [0.1, 0.15) is 48.0 Å². The normalized spacial score (nSPS) is 18.6. The topological polar surface area (TPSA) is 72.2 Å². The van der Waals surface area contributed by atoms with Crippen molar-refractivity contribution in [2.45, 2.75) is 43.9 Å². The second kappa shape index (κ2) is 8.44. The maximum Gasteiger partial charge on any atom is 0.251 e. The molecule has 1 aromatic rings. The van der Waals surface area contributed by atoms with Crippen LogP contribution < -0.4 is 11.1 Å². The van der Waals surface area contributed by atoms with Gasteiger partial charge in [-0.25, -0.2) is 0 Å². The summed E-state index contributed by atoms with van der Waals surface area (Å²) in [5.74, 6) is 0.892. The van der Waals surface area contributed by atoms with E-state index in [4.69, 9.17) is 5.73 Å². The maximum atomic E-state index is 12.5. The van der Waals surface area contributed by atoms with Crippen LogP contribution in [0.25, 0.3) is 0 Å². The van der Waals surface area contributed by atoms with Crippen LogP contribution >= 0.6 is 0 Å². The molecule has 5 heteroatoms. The summed E-state index contributed by atoms with van der Waals surface area (Å²) in [6.07, 6.45) is 7.72. The van der Waals surface area contributed by atoms with E-state index in [-0.39, 0.29) is 11.9 Å². The van der Waals surface area contributed by atoms with E-state index in [9.17, 15) is 9.00 Å². The second-order valence-electron chi connectivity index (χ2n) is 6.13. The van der Waals surface area contributed by atoms with Gasteiger partial charge in [-0.05, 0) is 36.5 Å². The fraction of sp³-hybridized carbons (Fsp3) is 0.588. The Morgan fingerprint density at radius 3 is 2.73 bits per heavy atom. The lowest BCUT2D eigenvalue weighted by atomic mass is 9.84. The van der Waals surface area contributed by atoms with Crippen molar-refractivity contribution >= 4 is 16.7 Å². The molecule has 1 aromatic carbocycles. The van der Waals surface area contributed by atoms with Gasteiger partial charge in [0.05, 0.1) is 0 Å². The van der Waals surface area contributed by atoms with Gasteiger partial charge in [0.2, 0.25) is 0 Å². The minimum atomic E-state index is -0.906. The summed E-state index contributed by atoms with van der Waals surface area (Å²) in [4.78, 5) is 12.5. The molecule has 122 valence electrons. The molecule has 2 rings (SSSR count). The Morgan fingerprint density at radius 2 is 2.09 bits per heavy atom. The van der Waals surface area contributed by atoms with Crippen LogP contribution in [0.2, 0.25) is 0 Å². The van der Waals surface area contributed by atoms with Gasteiger partial charge in [-0.15, -0.1) is 0 Å². The summed E-state index contributed by atoms with van der Waals surface area (Å²) in [6, 6.07) is 7.42. The molecule has 22 heavy (non-hydrogen) atoms. The van der Waals surface area contributed by atoms with Crippen LogP contribution in [-0.4, -0.2) is 29.0 Å². The molecule has 0 spiro atoms. The van der Waals surface area contributed by atoms with E-state index in [2.05, 4.69) is 5.32 Å². The Hall–Kier alpha value is -1.20. The molecule has 0 radical (unpaired) electrons. The first kappa shape index (κ1) is 17.2. The third kappa shape index (κ3) is 4.92. The van der Waals surface area contributed by atoms with Crippen molar-refractivity contribution in [1.82, 2.24) is 5.32 Å². The molecule has 0 aromatic heterocycles. The molecule has 0 bridgehead atoms. The molecule has 2 unspecified atom stereocenters. The lowest BCUT2D eigenvalue weighted by Crippen LogP contribution is -2.45. The Bertz CT molecular complexity index is 527. The first-order valence-corrected chi connectivity index (χ1v) is 9.72. The lowest BCUT2D eigenvalue weighted by molar-refractivity contribution is 0.0915. The first-order valence-electron chi connectivity index (χ1n) is 8.00. The molecular weight excluding hydrogens is 296 g/mol. The van der Waals surface area contributed by atoms with Crippen molar-refractivity contribution in [1.29, 1.82) is 0 Å². The van der Waals surface area contributed by atoms with Crippen molar-refractivity contribution in [2.24, 2.45) is 11.7 Å². The molecule has 4 nitrogen and oxygen atoms in total. The number of benzene rings is 1. The standard InChI is InChI=1S/C17H26N2O2S/c1-22(21)12-13-6-5-9-15(10-13)17(20)19-16(11-18)14-7-3-2-4-8-14/h5-6,9-10,14,16H,2-4,7-8,11-12,18H2,1H3,(H,19,20). The van der Waals surface area contributed by atoms with Crippen molar-refractivity contribution in [3.05, 3.63) is 35.4 Å². The summed E-state index contributed by atoms with van der Waals surface area (Å²) in [7, 11) is -0.906. The van der Waals surface area contributed by atoms with Crippen molar-refractivity contribution in [3.63, 3.8) is 0 Å². The van der Waals surface area contributed by atoms with E-state index in [1.54, 1.807) is 12.3 Å². The van der Waals surface area contributed by atoms with Gasteiger partial charge in [0.15, 0.2) is 0 Å². The summed E-state index contributed by atoms with van der Waals surface area (Å²) in [6.45, 7) is 0.481. The van der Waals surface area contributed by atoms with Gasteiger partial charge in [-0.2, -0.15) is 0 Å². The van der Waals surface area contributed by atoms with Crippen LogP contribution in [0.5, 0.6) is 0 Å². The zero-order valence-corrected chi connectivity index (χ0v) is 14.0. The summed E-state index contributed by atoms with van der Waals surface area (Å²) in [5.41, 5.74) is 7.42. The van der Waals surface area contributed by atoms with Gasteiger partial charge in [0.25, 0.3) is 5.91 Å². The van der Waals surface area contributed by atoms with Gasteiger partial charge in [0.1, 0.15) is 0 Å². The molecular formula is C17H26N2O2S. The second-order valence-corrected chi connectivity index (χ2v) is 7.57. The molecule has 1 aliphatic carbocycles. The number of hydrogen-bond donors (Lipinski definition) is 2. The van der Waals surface area contributed by atoms with Gasteiger partial charge in [0, 0.05) is 41.0 Å². The zero-order chi connectivity index (χ0) is 15.9. The molecule has 0 saturated heterocycles. The van der Waals surface area contributed by atoms with E-state index >= 15 is 0 Å². The molecule has 1 fully saturated rings. The Labute approximate surface area is 135 Å². The van der Waals surface area contributed by atoms with Crippen LogP contribution in [0.4, 0.5) is 0 Å². The van der Waals surface area contributed by atoms with Crippen LogP contribution in [0.3, 0.4) is 0 Å². The molecule has 0 aliphatic heterocycles. The van der Waals surface area contributed by atoms with Crippen molar-refractivity contribution in [3.8, 4) is 0 Å². The zero-order valence-electron chi connectivity index (χ0n) is 13.2. The average Bonchev–Trinajstić information content (AvgIpc) is 2.53. The molecule has 3 N–H and O–H groups in total. The Kier molecular flexibility index (Phi) is 6.58. The SMILES string of the molecule is CS(=O)Cc1cccc(C(=O)NC(CN)C2CCCCC2)c1. The quantitative estimate of drug-likeness (QED) is 0.843. The number of amides is 1. The number of rotatable bonds is 6. The van der Waals surface area contributed by atoms with Crippen molar-refractivity contribution in [2.75, 3.05) is 12.8 Å². The Balaban J connectivity index is 2.02. The smallest absolute Gasteiger partial charge is 0.251 e. The van der Waals surface area contributed by atoms with E-state index in [1.807, 2.05) is 18.2 Å². The van der Waals surface area contributed by atoms with Crippen LogP contribution in [-0.2, 0) is 16.6 Å². The summed E-state index contributed by atoms with van der Waals surface area (Å²) < 4.78 is 11.3. The maximum absolute atomic E-state index is 12.5. The van der Waals surface area contributed by atoms with E-state index < -0.39 is 10.8 Å². The van der Waals surface area contributed by atoms with Crippen LogP contribution in [0, 0.1) is 5.92 Å². The summed E-state index contributed by atoms with van der Waals surface area (Å²) >= 11 is 0. The molecule has 1 saturated carbocycles. The number of carbonyl (C=O) groups is 1. The number of hydrogen-bond acceptors (Lipinski definition) is 3. The monoisotopic (exact) mass is 322 g/mol. The van der Waals surface area contributed by atoms with Gasteiger partial charge in [-0.1, -0.05) is 31.4 Å². The molecule has 0 heterocycles. The van der Waals surface area contributed by atoms with E-state index in [0.717, 1.165) is 18.4 Å². The highest BCUT2D eigenvalue weighted by Gasteiger charge is 2.24. The summed E-state index contributed by atoms with van der Waals surface area (Å²) in [5, 5.41) is 3.09. The third-order valence-corrected chi connectivity index (χ3v) is 5.09. The van der Waals surface area contributed by atoms with Crippen molar-refractivity contribution < 1.29 is 9.00 Å². The van der Waals surface area contributed by atoms with Gasteiger partial charge >= 0.3 is 0 Å². The molecule has 2 atom stereocenters. The highest BCUT2D eigenvalue weighted by atomic mass is 32.2. The fourth-order valence-corrected chi connectivity index (χ4v) is 3.84. The number of carbonyl (C=O) groups excluding carboxylic acids is 1. The molecule has 1 amide bonds. The minimum Gasteiger partial charge on any atom is -0.348 e. The number of nitrogens with two attached hydrogens (primary N) is 1.